The first kappa shape index (κ1) is 18.1. The van der Waals surface area contributed by atoms with Gasteiger partial charge < -0.3 is 15.4 Å². The van der Waals surface area contributed by atoms with Gasteiger partial charge in [-0.3, -0.25) is 4.99 Å². The van der Waals surface area contributed by atoms with Crippen molar-refractivity contribution in [2.75, 3.05) is 13.6 Å². The van der Waals surface area contributed by atoms with Crippen molar-refractivity contribution in [2.24, 2.45) is 4.99 Å². The van der Waals surface area contributed by atoms with Crippen LogP contribution in [-0.2, 0) is 6.42 Å². The van der Waals surface area contributed by atoms with Crippen LogP contribution in [0.15, 0.2) is 29.3 Å². The van der Waals surface area contributed by atoms with Gasteiger partial charge in [-0.25, -0.2) is 0 Å². The highest BCUT2D eigenvalue weighted by molar-refractivity contribution is 5.79. The largest absolute Gasteiger partial charge is 0.573 e. The van der Waals surface area contributed by atoms with Crippen LogP contribution in [0.3, 0.4) is 0 Å². The first-order valence-corrected chi connectivity index (χ1v) is 7.16. The fourth-order valence-corrected chi connectivity index (χ4v) is 1.71. The average Bonchev–Trinajstić information content (AvgIpc) is 2.46. The molecule has 0 saturated heterocycles. The summed E-state index contributed by atoms with van der Waals surface area (Å²) in [5.74, 6) is 0.504. The third kappa shape index (κ3) is 7.19. The highest BCUT2D eigenvalue weighted by Crippen LogP contribution is 2.22. The quantitative estimate of drug-likeness (QED) is 0.626. The monoisotopic (exact) mass is 317 g/mol. The van der Waals surface area contributed by atoms with Crippen molar-refractivity contribution in [3.8, 4) is 5.75 Å². The zero-order valence-electron chi connectivity index (χ0n) is 13.0. The molecule has 1 rings (SSSR count). The van der Waals surface area contributed by atoms with Crippen LogP contribution in [0.5, 0.6) is 5.75 Å². The molecule has 2 N–H and O–H groups in total. The van der Waals surface area contributed by atoms with Gasteiger partial charge in [-0.2, -0.15) is 0 Å². The van der Waals surface area contributed by atoms with Crippen molar-refractivity contribution in [2.45, 2.75) is 39.1 Å². The lowest BCUT2D eigenvalue weighted by Gasteiger charge is -2.16. The van der Waals surface area contributed by atoms with E-state index in [0.717, 1.165) is 12.0 Å². The maximum absolute atomic E-state index is 12.1. The Morgan fingerprint density at radius 3 is 2.41 bits per heavy atom. The lowest BCUT2D eigenvalue weighted by Crippen LogP contribution is -2.42. The molecule has 7 heteroatoms. The SMILES string of the molecule is CCC(C)NC(=NC)NCCc1ccc(OC(F)(F)F)cc1. The molecule has 0 amide bonds. The number of rotatable bonds is 6. The first-order valence-electron chi connectivity index (χ1n) is 7.16. The molecule has 22 heavy (non-hydrogen) atoms. The molecule has 1 atom stereocenters. The van der Waals surface area contributed by atoms with Gasteiger partial charge in [0.15, 0.2) is 5.96 Å². The molecule has 4 nitrogen and oxygen atoms in total. The Morgan fingerprint density at radius 2 is 1.91 bits per heavy atom. The van der Waals surface area contributed by atoms with Crippen LogP contribution in [0, 0.1) is 0 Å². The standard InChI is InChI=1S/C15H22F3N3O/c1-4-11(2)21-14(19-3)20-10-9-12-5-7-13(8-6-12)22-15(16,17)18/h5-8,11H,4,9-10H2,1-3H3,(H2,19,20,21). The molecule has 0 aliphatic rings. The fourth-order valence-electron chi connectivity index (χ4n) is 1.71. The molecule has 0 spiro atoms. The van der Waals surface area contributed by atoms with Crippen molar-refractivity contribution in [3.63, 3.8) is 0 Å². The van der Waals surface area contributed by atoms with Crippen LogP contribution in [0.2, 0.25) is 0 Å². The molecule has 1 aromatic carbocycles. The number of hydrogen-bond donors (Lipinski definition) is 2. The fraction of sp³-hybridized carbons (Fsp3) is 0.533. The molecule has 1 unspecified atom stereocenters. The van der Waals surface area contributed by atoms with Crippen LogP contribution in [0.4, 0.5) is 13.2 Å². The van der Waals surface area contributed by atoms with E-state index in [2.05, 4.69) is 34.2 Å². The van der Waals surface area contributed by atoms with Crippen molar-refractivity contribution in [1.29, 1.82) is 0 Å². The third-order valence-corrected chi connectivity index (χ3v) is 3.08. The molecule has 0 aromatic heterocycles. The highest BCUT2D eigenvalue weighted by Gasteiger charge is 2.30. The van der Waals surface area contributed by atoms with E-state index in [1.165, 1.54) is 12.1 Å². The number of guanidine groups is 1. The summed E-state index contributed by atoms with van der Waals surface area (Å²) in [6.45, 7) is 4.78. The summed E-state index contributed by atoms with van der Waals surface area (Å²) >= 11 is 0. The molecule has 0 aliphatic carbocycles. The molecule has 0 saturated carbocycles. The Kier molecular flexibility index (Phi) is 7.01. The third-order valence-electron chi connectivity index (χ3n) is 3.08. The second kappa shape index (κ2) is 8.51. The summed E-state index contributed by atoms with van der Waals surface area (Å²) in [4.78, 5) is 4.11. The number of ether oxygens (including phenoxy) is 1. The number of nitrogens with one attached hydrogen (secondary N) is 2. The van der Waals surface area contributed by atoms with Gasteiger partial charge in [-0.1, -0.05) is 19.1 Å². The van der Waals surface area contributed by atoms with Crippen molar-refractivity contribution in [1.82, 2.24) is 10.6 Å². The number of benzene rings is 1. The normalized spacial score (nSPS) is 13.6. The summed E-state index contributed by atoms with van der Waals surface area (Å²) in [6, 6.07) is 6.19. The Balaban J connectivity index is 2.42. The van der Waals surface area contributed by atoms with Crippen LogP contribution < -0.4 is 15.4 Å². The number of halogens is 3. The van der Waals surface area contributed by atoms with E-state index >= 15 is 0 Å². The average molecular weight is 317 g/mol. The number of hydrogen-bond acceptors (Lipinski definition) is 2. The Bertz CT molecular complexity index is 472. The smallest absolute Gasteiger partial charge is 0.406 e. The van der Waals surface area contributed by atoms with Crippen molar-refractivity contribution in [3.05, 3.63) is 29.8 Å². The molecule has 1 aromatic rings. The predicted molar refractivity (Wildman–Crippen MR) is 81.1 cm³/mol. The lowest BCUT2D eigenvalue weighted by atomic mass is 10.1. The summed E-state index contributed by atoms with van der Waals surface area (Å²) in [5.41, 5.74) is 0.918. The minimum atomic E-state index is -4.66. The molecule has 0 radical (unpaired) electrons. The highest BCUT2D eigenvalue weighted by atomic mass is 19.4. The van der Waals surface area contributed by atoms with E-state index in [-0.39, 0.29) is 5.75 Å². The van der Waals surface area contributed by atoms with Gasteiger partial charge in [0.1, 0.15) is 5.75 Å². The summed E-state index contributed by atoms with van der Waals surface area (Å²) < 4.78 is 40.0. The van der Waals surface area contributed by atoms with E-state index in [4.69, 9.17) is 0 Å². The Hall–Kier alpha value is -1.92. The summed E-state index contributed by atoms with van der Waals surface area (Å²) in [5, 5.41) is 6.39. The molecule has 0 heterocycles. The van der Waals surface area contributed by atoms with Gasteiger partial charge in [0.25, 0.3) is 0 Å². The minimum Gasteiger partial charge on any atom is -0.406 e. The van der Waals surface area contributed by atoms with Gasteiger partial charge in [-0.05, 0) is 37.5 Å². The van der Waals surface area contributed by atoms with Crippen LogP contribution in [-0.4, -0.2) is 32.0 Å². The minimum absolute atomic E-state index is 0.210. The van der Waals surface area contributed by atoms with Gasteiger partial charge >= 0.3 is 6.36 Å². The van der Waals surface area contributed by atoms with E-state index in [1.807, 2.05) is 0 Å². The summed E-state index contributed by atoms with van der Waals surface area (Å²) in [6.07, 6.45) is -2.99. The second-order valence-electron chi connectivity index (χ2n) is 4.89. The van der Waals surface area contributed by atoms with Gasteiger partial charge in [-0.15, -0.1) is 13.2 Å². The van der Waals surface area contributed by atoms with Gasteiger partial charge in [0.2, 0.25) is 0 Å². The Labute approximate surface area is 128 Å². The zero-order chi connectivity index (χ0) is 16.6. The molecule has 0 bridgehead atoms. The molecular weight excluding hydrogens is 295 g/mol. The maximum Gasteiger partial charge on any atom is 0.573 e. The van der Waals surface area contributed by atoms with Gasteiger partial charge in [0.05, 0.1) is 0 Å². The van der Waals surface area contributed by atoms with E-state index in [9.17, 15) is 13.2 Å². The number of nitrogens with zero attached hydrogens (tertiary/aromatic N) is 1. The van der Waals surface area contributed by atoms with Crippen molar-refractivity contribution < 1.29 is 17.9 Å². The summed E-state index contributed by atoms with van der Waals surface area (Å²) in [7, 11) is 1.70. The second-order valence-corrected chi connectivity index (χ2v) is 4.89. The topological polar surface area (TPSA) is 45.7 Å². The van der Waals surface area contributed by atoms with Crippen LogP contribution in [0.1, 0.15) is 25.8 Å². The zero-order valence-corrected chi connectivity index (χ0v) is 13.0. The number of alkyl halides is 3. The Morgan fingerprint density at radius 1 is 1.27 bits per heavy atom. The first-order chi connectivity index (χ1) is 10.3. The van der Waals surface area contributed by atoms with E-state index in [0.29, 0.717) is 25.0 Å². The molecule has 0 aliphatic heterocycles. The van der Waals surface area contributed by atoms with E-state index < -0.39 is 6.36 Å². The van der Waals surface area contributed by atoms with Gasteiger partial charge in [0, 0.05) is 19.6 Å². The van der Waals surface area contributed by atoms with Crippen LogP contribution >= 0.6 is 0 Å². The molecule has 124 valence electrons. The predicted octanol–water partition coefficient (Wildman–Crippen LogP) is 3.09. The maximum atomic E-state index is 12.1. The lowest BCUT2D eigenvalue weighted by molar-refractivity contribution is -0.274. The van der Waals surface area contributed by atoms with Crippen molar-refractivity contribution >= 4 is 5.96 Å². The van der Waals surface area contributed by atoms with E-state index in [1.54, 1.807) is 19.2 Å². The van der Waals surface area contributed by atoms with Crippen LogP contribution in [0.25, 0.3) is 0 Å². The molecule has 0 fully saturated rings. The number of aliphatic imine (C=N–C) groups is 1. The molecular formula is C15H22F3N3O.